The molecule has 0 aliphatic heterocycles. The molecule has 1 aromatic carbocycles. The second-order valence-electron chi connectivity index (χ2n) is 9.78. The second-order valence-corrected chi connectivity index (χ2v) is 9.78. The zero-order valence-corrected chi connectivity index (χ0v) is 20.2. The van der Waals surface area contributed by atoms with Crippen LogP contribution in [-0.2, 0) is 19.2 Å². The molecule has 0 unspecified atom stereocenters. The molecule has 3 aliphatic rings. The smallest absolute Gasteiger partial charge is 0.255 e. The number of aromatic hydroxyl groups is 1. The van der Waals surface area contributed by atoms with Gasteiger partial charge in [0.15, 0.2) is 5.78 Å². The van der Waals surface area contributed by atoms with Gasteiger partial charge in [0.05, 0.1) is 18.2 Å². The van der Waals surface area contributed by atoms with E-state index in [0.29, 0.717) is 0 Å². The van der Waals surface area contributed by atoms with Crippen LogP contribution in [0.2, 0.25) is 0 Å². The first-order chi connectivity index (χ1) is 17.3. The average molecular weight is 514 g/mol. The Morgan fingerprint density at radius 2 is 1.86 bits per heavy atom. The summed E-state index contributed by atoms with van der Waals surface area (Å²) in [4.78, 5) is 64.5. The third-order valence-corrected chi connectivity index (χ3v) is 7.36. The maximum absolute atomic E-state index is 13.8. The molecule has 13 heteroatoms. The van der Waals surface area contributed by atoms with Crippen LogP contribution in [0.1, 0.15) is 30.4 Å². The van der Waals surface area contributed by atoms with Crippen molar-refractivity contribution in [3.05, 3.63) is 45.1 Å². The predicted octanol–water partition coefficient (Wildman–Crippen LogP) is 0.230. The molecule has 0 saturated heterocycles. The highest BCUT2D eigenvalue weighted by molar-refractivity contribution is 6.23. The van der Waals surface area contributed by atoms with Gasteiger partial charge in [0, 0.05) is 29.5 Å². The van der Waals surface area contributed by atoms with E-state index in [0.717, 1.165) is 0 Å². The number of rotatable bonds is 5. The van der Waals surface area contributed by atoms with Gasteiger partial charge in [0.2, 0.25) is 17.2 Å². The summed E-state index contributed by atoms with van der Waals surface area (Å²) in [6, 6.07) is 2.60. The number of primary amides is 1. The van der Waals surface area contributed by atoms with Gasteiger partial charge in [-0.15, -0.1) is 4.91 Å². The molecule has 1 fully saturated rings. The van der Waals surface area contributed by atoms with E-state index in [1.807, 2.05) is 0 Å². The Bertz CT molecular complexity index is 1330. The number of hydrogen-bond donors (Lipinski definition) is 6. The fourth-order valence-corrected chi connectivity index (χ4v) is 5.82. The van der Waals surface area contributed by atoms with E-state index in [1.54, 1.807) is 25.9 Å². The number of nitrogens with zero attached hydrogens (tertiary/aromatic N) is 2. The van der Waals surface area contributed by atoms with E-state index >= 15 is 0 Å². The summed E-state index contributed by atoms with van der Waals surface area (Å²) >= 11 is 0. The lowest BCUT2D eigenvalue weighted by molar-refractivity contribution is -0.136. The fourth-order valence-electron chi connectivity index (χ4n) is 5.82. The molecule has 1 aromatic rings. The maximum Gasteiger partial charge on any atom is 0.255 e. The van der Waals surface area contributed by atoms with E-state index in [2.05, 4.69) is 10.5 Å². The molecule has 13 nitrogen and oxygen atoms in total. The fraction of sp³-hybridized carbons (Fsp3) is 0.417. The molecule has 0 spiro atoms. The number of carbonyl (C=O) groups is 4. The quantitative estimate of drug-likeness (QED) is 0.178. The van der Waals surface area contributed by atoms with Crippen molar-refractivity contribution in [2.45, 2.75) is 30.9 Å². The number of nitroso groups, excluding NO2 is 1. The third-order valence-electron chi connectivity index (χ3n) is 7.36. The van der Waals surface area contributed by atoms with Gasteiger partial charge in [0.1, 0.15) is 22.8 Å². The molecule has 37 heavy (non-hydrogen) atoms. The zero-order chi connectivity index (χ0) is 27.6. The lowest BCUT2D eigenvalue weighted by Gasteiger charge is -2.49. The molecular formula is C24H26N4O9. The number of anilines is 1. The van der Waals surface area contributed by atoms with Gasteiger partial charge in [-0.2, -0.15) is 0 Å². The largest absolute Gasteiger partial charge is 0.508 e. The Morgan fingerprint density at radius 3 is 2.43 bits per heavy atom. The van der Waals surface area contributed by atoms with Crippen LogP contribution in [0.15, 0.2) is 34.2 Å². The third kappa shape index (κ3) is 3.53. The zero-order valence-electron chi connectivity index (χ0n) is 20.2. The Morgan fingerprint density at radius 1 is 1.22 bits per heavy atom. The molecule has 3 aliphatic carbocycles. The van der Waals surface area contributed by atoms with Gasteiger partial charge < -0.3 is 36.4 Å². The lowest BCUT2D eigenvalue weighted by Crippen LogP contribution is -2.62. The molecule has 0 aromatic heterocycles. The summed E-state index contributed by atoms with van der Waals surface area (Å²) in [6.45, 7) is 1.59. The molecule has 196 valence electrons. The predicted molar refractivity (Wildman–Crippen MR) is 128 cm³/mol. The number of hydrogen-bond acceptors (Lipinski definition) is 11. The number of phenolic OH excluding ortho intramolecular Hbond substituents is 1. The van der Waals surface area contributed by atoms with E-state index in [-0.39, 0.29) is 23.4 Å². The van der Waals surface area contributed by atoms with Crippen molar-refractivity contribution < 1.29 is 39.6 Å². The van der Waals surface area contributed by atoms with Crippen molar-refractivity contribution in [2.24, 2.45) is 22.7 Å². The van der Waals surface area contributed by atoms with Gasteiger partial charge in [-0.25, -0.2) is 0 Å². The van der Waals surface area contributed by atoms with Crippen molar-refractivity contribution in [1.82, 2.24) is 4.90 Å². The average Bonchev–Trinajstić information content (AvgIpc) is 2.80. The summed E-state index contributed by atoms with van der Waals surface area (Å²) in [5.41, 5.74) is 1.12. The monoisotopic (exact) mass is 514 g/mol. The number of amides is 2. The second kappa shape index (κ2) is 8.78. The molecule has 1 saturated carbocycles. The van der Waals surface area contributed by atoms with E-state index in [4.69, 9.17) is 5.73 Å². The van der Waals surface area contributed by atoms with Crippen molar-refractivity contribution in [2.75, 3.05) is 26.0 Å². The van der Waals surface area contributed by atoms with Crippen molar-refractivity contribution in [3.8, 4) is 5.75 Å². The summed E-state index contributed by atoms with van der Waals surface area (Å²) < 4.78 is 0. The van der Waals surface area contributed by atoms with Crippen molar-refractivity contribution >= 4 is 34.8 Å². The first-order valence-electron chi connectivity index (χ1n) is 11.4. The van der Waals surface area contributed by atoms with Crippen LogP contribution in [0.4, 0.5) is 5.69 Å². The maximum atomic E-state index is 13.8. The molecule has 5 atom stereocenters. The molecule has 7 N–H and O–H groups in total. The number of fused-ring (bicyclic) bond motifs is 3. The van der Waals surface area contributed by atoms with Crippen LogP contribution < -0.4 is 11.1 Å². The van der Waals surface area contributed by atoms with Crippen molar-refractivity contribution in [3.63, 3.8) is 0 Å². The Kier molecular flexibility index (Phi) is 6.16. The molecule has 4 rings (SSSR count). The van der Waals surface area contributed by atoms with Gasteiger partial charge in [0.25, 0.3) is 5.91 Å². The van der Waals surface area contributed by atoms with Gasteiger partial charge in [-0.3, -0.25) is 19.2 Å². The number of phenols is 1. The highest BCUT2D eigenvalue weighted by Crippen LogP contribution is 2.57. The van der Waals surface area contributed by atoms with Crippen LogP contribution in [0.5, 0.6) is 5.75 Å². The first-order valence-corrected chi connectivity index (χ1v) is 11.4. The van der Waals surface area contributed by atoms with Gasteiger partial charge >= 0.3 is 0 Å². The highest BCUT2D eigenvalue weighted by atomic mass is 16.3. The minimum absolute atomic E-state index is 0.0210. The number of benzene rings is 1. The number of aliphatic hydroxyl groups is 3. The van der Waals surface area contributed by atoms with Gasteiger partial charge in [-0.1, -0.05) is 6.92 Å². The van der Waals surface area contributed by atoms with E-state index in [9.17, 15) is 44.5 Å². The molecule has 0 radical (unpaired) electrons. The normalized spacial score (nSPS) is 29.0. The topological polar surface area (TPSA) is 220 Å². The Balaban J connectivity index is 1.97. The summed E-state index contributed by atoms with van der Waals surface area (Å²) in [5.74, 6) is -10.2. The molecular weight excluding hydrogens is 488 g/mol. The minimum Gasteiger partial charge on any atom is -0.508 e. The lowest BCUT2D eigenvalue weighted by atomic mass is 9.54. The Labute approximate surface area is 210 Å². The molecule has 2 amide bonds. The summed E-state index contributed by atoms with van der Waals surface area (Å²) in [5, 5.41) is 49.5. The number of nitrogens with two attached hydrogens (primary N) is 1. The van der Waals surface area contributed by atoms with Crippen LogP contribution in [0.25, 0.3) is 5.76 Å². The number of nitrogens with one attached hydrogen (secondary N) is 1. The summed E-state index contributed by atoms with van der Waals surface area (Å²) in [7, 11) is 3.37. The van der Waals surface area contributed by atoms with Gasteiger partial charge in [-0.05, 0) is 42.9 Å². The van der Waals surface area contributed by atoms with Crippen LogP contribution >= 0.6 is 0 Å². The van der Waals surface area contributed by atoms with Crippen LogP contribution in [0, 0.1) is 16.7 Å². The number of likely N-dealkylation sites (N-methyl/N-ethyl adjacent to an activating group) is 1. The SMILES string of the molecule is C[C@H]1c2c(NC(=O)CN(C)C)ccc(O)c2C(O)=C2C(=O)[C@]3(N=O)C(O)=C(C(N)=O)C(=O)C[C@@H]3[C@@H](O)[C@@H]21. The Hall–Kier alpha value is -4.10. The number of Topliss-reactive ketones (excluding diaryl/α,β-unsaturated/α-hetero) is 2. The van der Waals surface area contributed by atoms with E-state index < -0.39 is 87.6 Å². The molecule has 0 bridgehead atoms. The first kappa shape index (κ1) is 26.0. The van der Waals surface area contributed by atoms with Crippen LogP contribution in [0.3, 0.4) is 0 Å². The number of aliphatic hydroxyl groups excluding tert-OH is 3. The standard InChI is InChI=1S/C24H26N4O9/c1-8-14-10(26-13(31)7-28(2)3)4-5-11(29)16(14)20(33)18-15(8)19(32)9-6-12(30)17(23(25)36)21(34)24(9,27-37)22(18)35/h4-5,8-9,15,19,29,32-34H,6-7H2,1-3H3,(H2,25,36)(H,26,31)/t8-,9+,15+,19+,24+/m0/s1. The minimum atomic E-state index is -2.79. The number of carbonyl (C=O) groups excluding carboxylic acids is 4. The highest BCUT2D eigenvalue weighted by Gasteiger charge is 2.67. The van der Waals surface area contributed by atoms with Crippen molar-refractivity contribution in [1.29, 1.82) is 0 Å². The molecule has 0 heterocycles. The summed E-state index contributed by atoms with van der Waals surface area (Å²) in [6.07, 6.45) is -2.39. The van der Waals surface area contributed by atoms with Crippen LogP contribution in [-0.4, -0.2) is 81.0 Å². The van der Waals surface area contributed by atoms with E-state index in [1.165, 1.54) is 12.1 Å². The number of ketones is 2.